The lowest BCUT2D eigenvalue weighted by molar-refractivity contribution is -0.118. The van der Waals surface area contributed by atoms with Crippen molar-refractivity contribution in [3.63, 3.8) is 0 Å². The number of nitrogens with two attached hydrogens (primary N) is 1. The van der Waals surface area contributed by atoms with E-state index in [1.54, 1.807) is 4.90 Å². The molecule has 92 valence electrons. The summed E-state index contributed by atoms with van der Waals surface area (Å²) in [6, 6.07) is 6.21. The van der Waals surface area contributed by atoms with Crippen LogP contribution in [0, 0.1) is 0 Å². The zero-order chi connectivity index (χ0) is 12.6. The summed E-state index contributed by atoms with van der Waals surface area (Å²) in [7, 11) is 1.83. The highest BCUT2D eigenvalue weighted by Crippen LogP contribution is 2.31. The lowest BCUT2D eigenvalue weighted by atomic mass is 9.87. The summed E-state index contributed by atoms with van der Waals surface area (Å²) in [5, 5.41) is 0. The van der Waals surface area contributed by atoms with Crippen LogP contribution in [0.3, 0.4) is 0 Å². The van der Waals surface area contributed by atoms with Crippen LogP contribution in [0.2, 0.25) is 0 Å². The number of hydrogen-bond donors (Lipinski definition) is 1. The summed E-state index contributed by atoms with van der Waals surface area (Å²) in [5.41, 5.74) is 9.38. The highest BCUT2D eigenvalue weighted by atomic mass is 16.2. The first-order valence-electron chi connectivity index (χ1n) is 6.14. The highest BCUT2D eigenvalue weighted by molar-refractivity contribution is 5.95. The standard InChI is InChI=1S/C14H20N2O/c1-4-14(2,15)11-6-7-12-10(9-11)5-8-13(17)16(12)3/h6-7,9H,4-5,8,15H2,1-3H3. The molecule has 0 bridgehead atoms. The first-order chi connectivity index (χ1) is 7.95. The Bertz CT molecular complexity index is 452. The number of benzene rings is 1. The molecule has 0 radical (unpaired) electrons. The molecule has 1 unspecified atom stereocenters. The molecule has 0 spiro atoms. The summed E-state index contributed by atoms with van der Waals surface area (Å²) >= 11 is 0. The van der Waals surface area contributed by atoms with E-state index < -0.39 is 0 Å². The summed E-state index contributed by atoms with van der Waals surface area (Å²) in [6.45, 7) is 4.14. The molecule has 3 nitrogen and oxygen atoms in total. The Labute approximate surface area is 103 Å². The Balaban J connectivity index is 2.42. The number of carbonyl (C=O) groups is 1. The van der Waals surface area contributed by atoms with Gasteiger partial charge < -0.3 is 10.6 Å². The van der Waals surface area contributed by atoms with Gasteiger partial charge in [-0.3, -0.25) is 4.79 Å². The molecule has 1 atom stereocenters. The van der Waals surface area contributed by atoms with Gasteiger partial charge in [0, 0.05) is 24.7 Å². The smallest absolute Gasteiger partial charge is 0.227 e. The minimum Gasteiger partial charge on any atom is -0.322 e. The number of rotatable bonds is 2. The van der Waals surface area contributed by atoms with Gasteiger partial charge in [-0.1, -0.05) is 19.1 Å². The molecular formula is C14H20N2O. The van der Waals surface area contributed by atoms with Crippen molar-refractivity contribution in [1.29, 1.82) is 0 Å². The maximum absolute atomic E-state index is 11.6. The van der Waals surface area contributed by atoms with Crippen LogP contribution < -0.4 is 10.6 Å². The van der Waals surface area contributed by atoms with Crippen molar-refractivity contribution in [2.75, 3.05) is 11.9 Å². The minimum atomic E-state index is -0.283. The molecular weight excluding hydrogens is 212 g/mol. The van der Waals surface area contributed by atoms with Crippen molar-refractivity contribution in [3.05, 3.63) is 29.3 Å². The number of aryl methyl sites for hydroxylation is 1. The third kappa shape index (κ3) is 2.07. The number of nitrogens with zero attached hydrogens (tertiary/aromatic N) is 1. The van der Waals surface area contributed by atoms with Gasteiger partial charge in [-0.2, -0.15) is 0 Å². The van der Waals surface area contributed by atoms with Crippen molar-refractivity contribution in [2.45, 2.75) is 38.6 Å². The molecule has 1 aromatic carbocycles. The summed E-state index contributed by atoms with van der Waals surface area (Å²) in [6.07, 6.45) is 2.33. The van der Waals surface area contributed by atoms with E-state index in [4.69, 9.17) is 5.73 Å². The van der Waals surface area contributed by atoms with E-state index >= 15 is 0 Å². The van der Waals surface area contributed by atoms with Gasteiger partial charge in [0.1, 0.15) is 0 Å². The van der Waals surface area contributed by atoms with Gasteiger partial charge in [-0.15, -0.1) is 0 Å². The second kappa shape index (κ2) is 4.15. The molecule has 0 saturated heterocycles. The molecule has 2 N–H and O–H groups in total. The average molecular weight is 232 g/mol. The molecule has 0 aliphatic carbocycles. The topological polar surface area (TPSA) is 46.3 Å². The van der Waals surface area contributed by atoms with E-state index in [1.807, 2.05) is 26.1 Å². The molecule has 1 aromatic rings. The molecule has 1 heterocycles. The first-order valence-corrected chi connectivity index (χ1v) is 6.14. The molecule has 0 saturated carbocycles. The van der Waals surface area contributed by atoms with Gasteiger partial charge in [0.25, 0.3) is 0 Å². The van der Waals surface area contributed by atoms with Crippen molar-refractivity contribution in [2.24, 2.45) is 5.73 Å². The van der Waals surface area contributed by atoms with Gasteiger partial charge in [0.05, 0.1) is 0 Å². The van der Waals surface area contributed by atoms with E-state index in [0.29, 0.717) is 6.42 Å². The van der Waals surface area contributed by atoms with Crippen LogP contribution in [0.1, 0.15) is 37.8 Å². The largest absolute Gasteiger partial charge is 0.322 e. The molecule has 1 aliphatic rings. The summed E-state index contributed by atoms with van der Waals surface area (Å²) in [5.74, 6) is 0.191. The zero-order valence-electron chi connectivity index (χ0n) is 10.8. The van der Waals surface area contributed by atoms with Crippen LogP contribution in [0.5, 0.6) is 0 Å². The number of fused-ring (bicyclic) bond motifs is 1. The van der Waals surface area contributed by atoms with Crippen molar-refractivity contribution < 1.29 is 4.79 Å². The average Bonchev–Trinajstić information content (AvgIpc) is 2.33. The molecule has 1 amide bonds. The van der Waals surface area contributed by atoms with Crippen LogP contribution in [0.15, 0.2) is 18.2 Å². The normalized spacial score (nSPS) is 18.8. The fourth-order valence-electron chi connectivity index (χ4n) is 2.22. The molecule has 17 heavy (non-hydrogen) atoms. The second-order valence-corrected chi connectivity index (χ2v) is 5.07. The number of anilines is 1. The lowest BCUT2D eigenvalue weighted by Crippen LogP contribution is -2.34. The van der Waals surface area contributed by atoms with Crippen molar-refractivity contribution >= 4 is 11.6 Å². The van der Waals surface area contributed by atoms with E-state index in [2.05, 4.69) is 13.0 Å². The van der Waals surface area contributed by atoms with E-state index in [0.717, 1.165) is 24.1 Å². The maximum atomic E-state index is 11.6. The van der Waals surface area contributed by atoms with E-state index in [1.165, 1.54) is 5.56 Å². The van der Waals surface area contributed by atoms with Gasteiger partial charge in [-0.25, -0.2) is 0 Å². The number of carbonyl (C=O) groups excluding carboxylic acids is 1. The highest BCUT2D eigenvalue weighted by Gasteiger charge is 2.24. The Morgan fingerprint density at radius 2 is 2.12 bits per heavy atom. The Morgan fingerprint density at radius 3 is 2.76 bits per heavy atom. The molecule has 3 heteroatoms. The molecule has 0 fully saturated rings. The Hall–Kier alpha value is -1.35. The van der Waals surface area contributed by atoms with Crippen LogP contribution in [-0.4, -0.2) is 13.0 Å². The fourth-order valence-corrected chi connectivity index (χ4v) is 2.22. The predicted molar refractivity (Wildman–Crippen MR) is 70.0 cm³/mol. The summed E-state index contributed by atoms with van der Waals surface area (Å²) < 4.78 is 0. The van der Waals surface area contributed by atoms with Crippen LogP contribution in [-0.2, 0) is 16.8 Å². The molecule has 0 aromatic heterocycles. The zero-order valence-corrected chi connectivity index (χ0v) is 10.8. The third-order valence-corrected chi connectivity index (χ3v) is 3.82. The predicted octanol–water partition coefficient (Wildman–Crippen LogP) is 2.18. The second-order valence-electron chi connectivity index (χ2n) is 5.07. The lowest BCUT2D eigenvalue weighted by Gasteiger charge is -2.29. The Kier molecular flexibility index (Phi) is 2.96. The Morgan fingerprint density at radius 1 is 1.41 bits per heavy atom. The first kappa shape index (κ1) is 12.1. The number of amides is 1. The van der Waals surface area contributed by atoms with Crippen LogP contribution >= 0.6 is 0 Å². The van der Waals surface area contributed by atoms with Crippen molar-refractivity contribution in [3.8, 4) is 0 Å². The van der Waals surface area contributed by atoms with E-state index in [9.17, 15) is 4.79 Å². The molecule has 2 rings (SSSR count). The maximum Gasteiger partial charge on any atom is 0.227 e. The minimum absolute atomic E-state index is 0.191. The van der Waals surface area contributed by atoms with Gasteiger partial charge in [0.15, 0.2) is 0 Å². The quantitative estimate of drug-likeness (QED) is 0.849. The third-order valence-electron chi connectivity index (χ3n) is 3.82. The van der Waals surface area contributed by atoms with Crippen molar-refractivity contribution in [1.82, 2.24) is 0 Å². The molecule has 1 aliphatic heterocycles. The van der Waals surface area contributed by atoms with Gasteiger partial charge in [-0.05, 0) is 37.0 Å². The summed E-state index contributed by atoms with van der Waals surface area (Å²) in [4.78, 5) is 13.3. The van der Waals surface area contributed by atoms with Gasteiger partial charge >= 0.3 is 0 Å². The van der Waals surface area contributed by atoms with Crippen LogP contribution in [0.4, 0.5) is 5.69 Å². The van der Waals surface area contributed by atoms with Crippen LogP contribution in [0.25, 0.3) is 0 Å². The van der Waals surface area contributed by atoms with Gasteiger partial charge in [0.2, 0.25) is 5.91 Å². The van der Waals surface area contributed by atoms with E-state index in [-0.39, 0.29) is 11.4 Å². The SMILES string of the molecule is CCC(C)(N)c1ccc2c(c1)CCC(=O)N2C. The fraction of sp³-hybridized carbons (Fsp3) is 0.500. The number of hydrogen-bond acceptors (Lipinski definition) is 2. The monoisotopic (exact) mass is 232 g/mol.